The highest BCUT2D eigenvalue weighted by molar-refractivity contribution is 6.05. The molecule has 156 valence electrons. The van der Waals surface area contributed by atoms with E-state index in [1.165, 1.54) is 4.90 Å². The summed E-state index contributed by atoms with van der Waals surface area (Å²) in [5.41, 5.74) is 2.87. The number of aromatic nitrogens is 3. The van der Waals surface area contributed by atoms with E-state index in [0.29, 0.717) is 33.0 Å². The summed E-state index contributed by atoms with van der Waals surface area (Å²) in [6.07, 6.45) is -1.28. The average molecular weight is 418 g/mol. The third-order valence-electron chi connectivity index (χ3n) is 4.75. The number of amides is 2. The molecule has 2 aromatic heterocycles. The number of aromatic amines is 1. The van der Waals surface area contributed by atoms with Gasteiger partial charge < -0.3 is 15.1 Å². The van der Waals surface area contributed by atoms with Crippen LogP contribution in [0.4, 0.5) is 24.5 Å². The number of fused-ring (bicyclic) bond motifs is 2. The summed E-state index contributed by atoms with van der Waals surface area (Å²) in [6.45, 7) is -1.65. The average Bonchev–Trinajstić information content (AvgIpc) is 3.25. The van der Waals surface area contributed by atoms with Crippen LogP contribution in [0.5, 0.6) is 0 Å². The van der Waals surface area contributed by atoms with Crippen molar-refractivity contribution >= 4 is 34.2 Å². The van der Waals surface area contributed by atoms with E-state index in [4.69, 9.17) is 0 Å². The normalized spacial score (nSPS) is 13.6. The molecule has 0 radical (unpaired) electrons. The summed E-state index contributed by atoms with van der Waals surface area (Å²) in [4.78, 5) is 31.1. The van der Waals surface area contributed by atoms with Crippen molar-refractivity contribution in [2.45, 2.75) is 12.7 Å². The van der Waals surface area contributed by atoms with Crippen LogP contribution in [0.1, 0.15) is 15.9 Å². The molecule has 11 heteroatoms. The topological polar surface area (TPSA) is 94.2 Å². The number of alkyl halides is 3. The van der Waals surface area contributed by atoms with Crippen LogP contribution in [0.15, 0.2) is 36.7 Å². The maximum Gasteiger partial charge on any atom is 0.406 e. The number of pyridine rings is 1. The van der Waals surface area contributed by atoms with Crippen LogP contribution >= 0.6 is 0 Å². The first-order chi connectivity index (χ1) is 14.2. The van der Waals surface area contributed by atoms with E-state index in [2.05, 4.69) is 20.5 Å². The molecule has 3 aromatic rings. The predicted octanol–water partition coefficient (Wildman–Crippen LogP) is 2.68. The van der Waals surface area contributed by atoms with Crippen molar-refractivity contribution in [1.29, 1.82) is 0 Å². The first-order valence-electron chi connectivity index (χ1n) is 8.99. The van der Waals surface area contributed by atoms with Gasteiger partial charge in [-0.3, -0.25) is 14.7 Å². The number of benzene rings is 1. The van der Waals surface area contributed by atoms with Crippen molar-refractivity contribution in [1.82, 2.24) is 25.0 Å². The molecular formula is C19H17F3N6O2. The maximum absolute atomic E-state index is 12.9. The second kappa shape index (κ2) is 7.32. The van der Waals surface area contributed by atoms with E-state index in [-0.39, 0.29) is 6.54 Å². The number of hydrogen-bond donors (Lipinski definition) is 2. The van der Waals surface area contributed by atoms with Gasteiger partial charge in [0.1, 0.15) is 13.1 Å². The first kappa shape index (κ1) is 19.7. The lowest BCUT2D eigenvalue weighted by atomic mass is 10.1. The van der Waals surface area contributed by atoms with Crippen molar-refractivity contribution < 1.29 is 22.8 Å². The van der Waals surface area contributed by atoms with Gasteiger partial charge >= 0.3 is 6.18 Å². The number of carbonyl (C=O) groups excluding carboxylic acids is 2. The Kier molecular flexibility index (Phi) is 4.80. The molecule has 1 aliphatic heterocycles. The van der Waals surface area contributed by atoms with Gasteiger partial charge in [0.2, 0.25) is 5.91 Å². The Morgan fingerprint density at radius 1 is 1.33 bits per heavy atom. The van der Waals surface area contributed by atoms with Gasteiger partial charge in [0.25, 0.3) is 5.91 Å². The van der Waals surface area contributed by atoms with Gasteiger partial charge in [0.15, 0.2) is 5.65 Å². The van der Waals surface area contributed by atoms with Crippen LogP contribution < -0.4 is 5.32 Å². The molecule has 1 aliphatic rings. The number of hydrogen-bond acceptors (Lipinski definition) is 5. The zero-order valence-corrected chi connectivity index (χ0v) is 15.8. The molecule has 8 nitrogen and oxygen atoms in total. The molecule has 0 bridgehead atoms. The first-order valence-corrected chi connectivity index (χ1v) is 8.99. The van der Waals surface area contributed by atoms with Crippen molar-refractivity contribution in [2.75, 3.05) is 25.5 Å². The quantitative estimate of drug-likeness (QED) is 0.665. The number of anilines is 2. The lowest BCUT2D eigenvalue weighted by Crippen LogP contribution is -2.42. The van der Waals surface area contributed by atoms with Gasteiger partial charge in [-0.1, -0.05) is 12.1 Å². The molecule has 2 amide bonds. The zero-order valence-electron chi connectivity index (χ0n) is 15.8. The van der Waals surface area contributed by atoms with E-state index in [9.17, 15) is 22.8 Å². The minimum absolute atomic E-state index is 0.147. The molecule has 3 heterocycles. The van der Waals surface area contributed by atoms with Crippen LogP contribution in [0, 0.1) is 0 Å². The fraction of sp³-hybridized carbons (Fsp3) is 0.263. The minimum Gasteiger partial charge on any atom is -0.354 e. The van der Waals surface area contributed by atoms with Crippen molar-refractivity contribution in [3.8, 4) is 0 Å². The fourth-order valence-corrected chi connectivity index (χ4v) is 3.35. The molecular weight excluding hydrogens is 401 g/mol. The smallest absolute Gasteiger partial charge is 0.354 e. The third kappa shape index (κ3) is 3.91. The fourth-order valence-electron chi connectivity index (χ4n) is 3.35. The lowest BCUT2D eigenvalue weighted by molar-refractivity contribution is -0.158. The monoisotopic (exact) mass is 418 g/mol. The van der Waals surface area contributed by atoms with Crippen LogP contribution in [-0.4, -0.2) is 63.1 Å². The Bertz CT molecular complexity index is 1130. The molecule has 1 aromatic carbocycles. The van der Waals surface area contributed by atoms with Crippen LogP contribution in [0.2, 0.25) is 0 Å². The lowest BCUT2D eigenvalue weighted by Gasteiger charge is -2.22. The highest BCUT2D eigenvalue weighted by Crippen LogP contribution is 2.31. The van der Waals surface area contributed by atoms with E-state index in [0.717, 1.165) is 12.4 Å². The second-order valence-corrected chi connectivity index (χ2v) is 7.02. The number of H-pyrrole nitrogens is 1. The second-order valence-electron chi connectivity index (χ2n) is 7.02. The van der Waals surface area contributed by atoms with E-state index >= 15 is 0 Å². The van der Waals surface area contributed by atoms with Gasteiger partial charge in [-0.15, -0.1) is 0 Å². The van der Waals surface area contributed by atoms with Crippen molar-refractivity contribution in [2.24, 2.45) is 0 Å². The molecule has 4 rings (SSSR count). The zero-order chi connectivity index (χ0) is 21.5. The summed E-state index contributed by atoms with van der Waals surface area (Å²) in [5.74, 6) is -1.20. The van der Waals surface area contributed by atoms with Gasteiger partial charge in [0, 0.05) is 19.0 Å². The molecule has 0 fully saturated rings. The third-order valence-corrected chi connectivity index (χ3v) is 4.75. The molecule has 0 aliphatic carbocycles. The largest absolute Gasteiger partial charge is 0.406 e. The Morgan fingerprint density at radius 3 is 2.90 bits per heavy atom. The summed E-state index contributed by atoms with van der Waals surface area (Å²) in [7, 11) is 1.06. The molecule has 0 spiro atoms. The Morgan fingerprint density at radius 2 is 2.13 bits per heavy atom. The van der Waals surface area contributed by atoms with Gasteiger partial charge in [-0.25, -0.2) is 4.98 Å². The van der Waals surface area contributed by atoms with Crippen LogP contribution in [0.25, 0.3) is 11.0 Å². The summed E-state index contributed by atoms with van der Waals surface area (Å²) < 4.78 is 37.5. The molecule has 2 N–H and O–H groups in total. The summed E-state index contributed by atoms with van der Waals surface area (Å²) in [5, 5.41) is 10.6. The van der Waals surface area contributed by atoms with Gasteiger partial charge in [-0.05, 0) is 17.7 Å². The van der Waals surface area contributed by atoms with E-state index in [1.807, 2.05) is 6.07 Å². The number of likely N-dealkylation sites (N-methyl/N-ethyl adjacent to an activating group) is 1. The van der Waals surface area contributed by atoms with Crippen LogP contribution in [0.3, 0.4) is 0 Å². The Hall–Kier alpha value is -3.63. The maximum atomic E-state index is 12.9. The van der Waals surface area contributed by atoms with E-state index < -0.39 is 31.1 Å². The number of rotatable bonds is 5. The SMILES string of the molecule is CN(CC(F)(F)F)C(=O)CN1Cc2cccc(Nc3cnc4[nH]ncc4c3)c2C1=O. The summed E-state index contributed by atoms with van der Waals surface area (Å²) >= 11 is 0. The number of nitrogens with zero attached hydrogens (tertiary/aromatic N) is 4. The minimum atomic E-state index is -4.50. The number of carbonyl (C=O) groups is 2. The predicted molar refractivity (Wildman–Crippen MR) is 102 cm³/mol. The van der Waals surface area contributed by atoms with Gasteiger partial charge in [0.05, 0.1) is 29.3 Å². The highest BCUT2D eigenvalue weighted by atomic mass is 19.4. The molecule has 0 atom stereocenters. The highest BCUT2D eigenvalue weighted by Gasteiger charge is 2.35. The molecule has 0 unspecified atom stereocenters. The summed E-state index contributed by atoms with van der Waals surface area (Å²) in [6, 6.07) is 7.05. The number of halogens is 3. The van der Waals surface area contributed by atoms with E-state index in [1.54, 1.807) is 30.6 Å². The Labute approximate surface area is 168 Å². The van der Waals surface area contributed by atoms with Crippen molar-refractivity contribution in [3.63, 3.8) is 0 Å². The number of nitrogens with one attached hydrogen (secondary N) is 2. The van der Waals surface area contributed by atoms with Gasteiger partial charge in [-0.2, -0.15) is 18.3 Å². The van der Waals surface area contributed by atoms with Crippen LogP contribution in [-0.2, 0) is 11.3 Å². The molecule has 0 saturated heterocycles. The van der Waals surface area contributed by atoms with Crippen molar-refractivity contribution in [3.05, 3.63) is 47.8 Å². The molecule has 0 saturated carbocycles. The standard InChI is InChI=1S/C19H17F3N6O2/c1-27(10-19(20,21)22)15(29)9-28-8-11-3-2-4-14(16(11)18(28)30)25-13-5-12-6-24-26-17(12)23-7-13/h2-7,25H,8-10H2,1H3,(H,23,24,26). The Balaban J connectivity index is 1.51. The molecule has 30 heavy (non-hydrogen) atoms.